The highest BCUT2D eigenvalue weighted by molar-refractivity contribution is 5.37. The maximum atomic E-state index is 13.1. The number of ether oxygens (including phenoxy) is 2. The molecule has 0 radical (unpaired) electrons. The maximum absolute atomic E-state index is 13.1. The van der Waals surface area contributed by atoms with Gasteiger partial charge in [-0.1, -0.05) is 0 Å². The van der Waals surface area contributed by atoms with Gasteiger partial charge in [0.2, 0.25) is 0 Å². The minimum absolute atomic E-state index is 0.0302. The van der Waals surface area contributed by atoms with Gasteiger partial charge in [-0.3, -0.25) is 0 Å². The lowest BCUT2D eigenvalue weighted by Gasteiger charge is -2.24. The van der Waals surface area contributed by atoms with Crippen molar-refractivity contribution in [3.63, 3.8) is 0 Å². The summed E-state index contributed by atoms with van der Waals surface area (Å²) in [5.41, 5.74) is 0.938. The van der Waals surface area contributed by atoms with E-state index in [2.05, 4.69) is 12.2 Å². The standard InChI is InChI=1S/C15H20FNO2/c1-15(5-2-6-18-15)10-17-9-13-8-11-7-12(16)3-4-14(11)19-13/h3-4,7,13,17H,2,5-6,8-10H2,1H3. The van der Waals surface area contributed by atoms with E-state index in [-0.39, 0.29) is 17.5 Å². The lowest BCUT2D eigenvalue weighted by atomic mass is 10.0. The smallest absolute Gasteiger partial charge is 0.123 e. The van der Waals surface area contributed by atoms with Crippen LogP contribution in [0.3, 0.4) is 0 Å². The Labute approximate surface area is 113 Å². The molecule has 0 bridgehead atoms. The summed E-state index contributed by atoms with van der Waals surface area (Å²) in [6, 6.07) is 4.73. The summed E-state index contributed by atoms with van der Waals surface area (Å²) in [6.07, 6.45) is 3.12. The van der Waals surface area contributed by atoms with Crippen LogP contribution in [0.1, 0.15) is 25.3 Å². The quantitative estimate of drug-likeness (QED) is 0.906. The van der Waals surface area contributed by atoms with Gasteiger partial charge < -0.3 is 14.8 Å². The fourth-order valence-corrected chi connectivity index (χ4v) is 2.88. The summed E-state index contributed by atoms with van der Waals surface area (Å²) in [6.45, 7) is 4.63. The van der Waals surface area contributed by atoms with Gasteiger partial charge >= 0.3 is 0 Å². The van der Waals surface area contributed by atoms with Crippen LogP contribution in [-0.4, -0.2) is 31.4 Å². The molecule has 2 unspecified atom stereocenters. The van der Waals surface area contributed by atoms with E-state index in [1.807, 2.05) is 0 Å². The number of hydrogen-bond donors (Lipinski definition) is 1. The molecule has 1 fully saturated rings. The van der Waals surface area contributed by atoms with E-state index >= 15 is 0 Å². The first-order chi connectivity index (χ1) is 9.15. The Balaban J connectivity index is 1.48. The summed E-state index contributed by atoms with van der Waals surface area (Å²) in [5, 5.41) is 3.42. The number of nitrogens with one attached hydrogen (secondary N) is 1. The minimum atomic E-state index is -0.192. The van der Waals surface area contributed by atoms with Gasteiger partial charge in [-0.15, -0.1) is 0 Å². The first-order valence-electron chi connectivity index (χ1n) is 6.94. The molecule has 0 aliphatic carbocycles. The van der Waals surface area contributed by atoms with Gasteiger partial charge in [-0.05, 0) is 38.0 Å². The highest BCUT2D eigenvalue weighted by Crippen LogP contribution is 2.29. The Kier molecular flexibility index (Phi) is 3.46. The minimum Gasteiger partial charge on any atom is -0.488 e. The predicted molar refractivity (Wildman–Crippen MR) is 71.0 cm³/mol. The van der Waals surface area contributed by atoms with Crippen LogP contribution in [0.25, 0.3) is 0 Å². The van der Waals surface area contributed by atoms with E-state index in [1.54, 1.807) is 12.1 Å². The van der Waals surface area contributed by atoms with Crippen molar-refractivity contribution in [2.75, 3.05) is 19.7 Å². The lowest BCUT2D eigenvalue weighted by Crippen LogP contribution is -2.41. The van der Waals surface area contributed by atoms with Crippen molar-refractivity contribution in [2.24, 2.45) is 0 Å². The fourth-order valence-electron chi connectivity index (χ4n) is 2.88. The Morgan fingerprint density at radius 3 is 3.16 bits per heavy atom. The number of halogens is 1. The van der Waals surface area contributed by atoms with Crippen molar-refractivity contribution in [3.05, 3.63) is 29.6 Å². The Bertz CT molecular complexity index is 457. The second-order valence-electron chi connectivity index (χ2n) is 5.73. The van der Waals surface area contributed by atoms with Gasteiger partial charge in [-0.25, -0.2) is 4.39 Å². The van der Waals surface area contributed by atoms with E-state index in [0.717, 1.165) is 50.3 Å². The van der Waals surface area contributed by atoms with E-state index in [1.165, 1.54) is 6.07 Å². The molecule has 2 heterocycles. The first-order valence-corrected chi connectivity index (χ1v) is 6.94. The predicted octanol–water partition coefficient (Wildman–Crippen LogP) is 2.29. The van der Waals surface area contributed by atoms with Gasteiger partial charge in [0.1, 0.15) is 17.7 Å². The van der Waals surface area contributed by atoms with Crippen LogP contribution in [0.5, 0.6) is 5.75 Å². The van der Waals surface area contributed by atoms with Crippen molar-refractivity contribution in [1.82, 2.24) is 5.32 Å². The van der Waals surface area contributed by atoms with E-state index < -0.39 is 0 Å². The Morgan fingerprint density at radius 1 is 1.47 bits per heavy atom. The van der Waals surface area contributed by atoms with Crippen molar-refractivity contribution in [3.8, 4) is 5.75 Å². The van der Waals surface area contributed by atoms with Crippen molar-refractivity contribution < 1.29 is 13.9 Å². The molecule has 2 atom stereocenters. The number of benzene rings is 1. The van der Waals surface area contributed by atoms with E-state index in [4.69, 9.17) is 9.47 Å². The van der Waals surface area contributed by atoms with Crippen molar-refractivity contribution >= 4 is 0 Å². The lowest BCUT2D eigenvalue weighted by molar-refractivity contribution is 0.0194. The number of fused-ring (bicyclic) bond motifs is 1. The highest BCUT2D eigenvalue weighted by Gasteiger charge is 2.30. The third kappa shape index (κ3) is 2.90. The molecule has 0 spiro atoms. The molecule has 1 aromatic rings. The average Bonchev–Trinajstić information content (AvgIpc) is 2.95. The van der Waals surface area contributed by atoms with E-state index in [0.29, 0.717) is 0 Å². The molecule has 0 aromatic heterocycles. The summed E-state index contributed by atoms with van der Waals surface area (Å²) in [4.78, 5) is 0. The normalized spacial score (nSPS) is 29.3. The van der Waals surface area contributed by atoms with Crippen LogP contribution in [0, 0.1) is 5.82 Å². The van der Waals surface area contributed by atoms with Crippen LogP contribution >= 0.6 is 0 Å². The topological polar surface area (TPSA) is 30.5 Å². The summed E-state index contributed by atoms with van der Waals surface area (Å²) >= 11 is 0. The molecule has 0 saturated carbocycles. The number of rotatable bonds is 4. The number of hydrogen-bond acceptors (Lipinski definition) is 3. The zero-order valence-electron chi connectivity index (χ0n) is 11.2. The molecule has 1 saturated heterocycles. The zero-order valence-corrected chi connectivity index (χ0v) is 11.2. The van der Waals surface area contributed by atoms with Gasteiger partial charge in [0.25, 0.3) is 0 Å². The molecule has 4 heteroatoms. The largest absolute Gasteiger partial charge is 0.488 e. The summed E-state index contributed by atoms with van der Waals surface area (Å²) in [7, 11) is 0. The van der Waals surface area contributed by atoms with Gasteiger partial charge in [0, 0.05) is 31.7 Å². The molecule has 2 aliphatic rings. The van der Waals surface area contributed by atoms with E-state index in [9.17, 15) is 4.39 Å². The Hall–Kier alpha value is -1.13. The molecule has 3 nitrogen and oxygen atoms in total. The van der Waals surface area contributed by atoms with Crippen LogP contribution in [0.2, 0.25) is 0 Å². The zero-order chi connectivity index (χ0) is 13.3. The Morgan fingerprint density at radius 2 is 2.37 bits per heavy atom. The van der Waals surface area contributed by atoms with Crippen molar-refractivity contribution in [1.29, 1.82) is 0 Å². The SMILES string of the molecule is CC1(CNCC2Cc3cc(F)ccc3O2)CCCO1. The summed E-state index contributed by atoms with van der Waals surface area (Å²) < 4.78 is 24.6. The van der Waals surface area contributed by atoms with Gasteiger partial charge in [-0.2, -0.15) is 0 Å². The first kappa shape index (κ1) is 12.9. The third-order valence-electron chi connectivity index (χ3n) is 3.94. The maximum Gasteiger partial charge on any atom is 0.123 e. The molecule has 1 aromatic carbocycles. The van der Waals surface area contributed by atoms with Crippen LogP contribution in [-0.2, 0) is 11.2 Å². The van der Waals surface area contributed by atoms with Gasteiger partial charge in [0.15, 0.2) is 0 Å². The summed E-state index contributed by atoms with van der Waals surface area (Å²) in [5.74, 6) is 0.624. The van der Waals surface area contributed by atoms with Gasteiger partial charge in [0.05, 0.1) is 5.60 Å². The molecule has 19 heavy (non-hydrogen) atoms. The molecule has 3 rings (SSSR count). The molecule has 0 amide bonds. The molecule has 104 valence electrons. The molecule has 1 N–H and O–H groups in total. The van der Waals surface area contributed by atoms with Crippen LogP contribution in [0.15, 0.2) is 18.2 Å². The fraction of sp³-hybridized carbons (Fsp3) is 0.600. The van der Waals surface area contributed by atoms with Crippen molar-refractivity contribution in [2.45, 2.75) is 37.9 Å². The second kappa shape index (κ2) is 5.10. The second-order valence-corrected chi connectivity index (χ2v) is 5.73. The van der Waals surface area contributed by atoms with Crippen LogP contribution < -0.4 is 10.1 Å². The third-order valence-corrected chi connectivity index (χ3v) is 3.94. The highest BCUT2D eigenvalue weighted by atomic mass is 19.1. The molecular weight excluding hydrogens is 245 g/mol. The molecule has 2 aliphatic heterocycles. The monoisotopic (exact) mass is 265 g/mol. The molecular formula is C15H20FNO2. The average molecular weight is 265 g/mol. The van der Waals surface area contributed by atoms with Crippen LogP contribution in [0.4, 0.5) is 4.39 Å².